The molecule has 1 amide bonds. The molecule has 7 heteroatoms. The van der Waals surface area contributed by atoms with E-state index in [-0.39, 0.29) is 11.7 Å². The molecule has 2 rings (SSSR count). The van der Waals surface area contributed by atoms with Crippen molar-refractivity contribution >= 4 is 43.2 Å². The van der Waals surface area contributed by atoms with E-state index in [0.29, 0.717) is 21.4 Å². The largest absolute Gasteiger partial charge is 0.322 e. The Kier molecular flexibility index (Phi) is 5.20. The quantitative estimate of drug-likeness (QED) is 0.830. The highest BCUT2D eigenvalue weighted by Crippen LogP contribution is 2.20. The maximum Gasteiger partial charge on any atom is 0.256 e. The topological polar surface area (TPSA) is 75.3 Å². The first-order chi connectivity index (χ1) is 10.4. The molecule has 0 heterocycles. The summed E-state index contributed by atoms with van der Waals surface area (Å²) in [7, 11) is -3.35. The van der Waals surface area contributed by atoms with Crippen molar-refractivity contribution in [2.24, 2.45) is 0 Å². The van der Waals surface area contributed by atoms with Crippen molar-refractivity contribution in [2.75, 3.05) is 15.8 Å². The Morgan fingerprint density at radius 1 is 1.09 bits per heavy atom. The number of nitrogens with one attached hydrogen (secondary N) is 2. The zero-order valence-electron chi connectivity index (χ0n) is 11.8. The number of carbonyl (C=O) groups is 1. The van der Waals surface area contributed by atoms with E-state index in [0.717, 1.165) is 0 Å². The van der Waals surface area contributed by atoms with Gasteiger partial charge in [-0.25, -0.2) is 8.42 Å². The molecule has 0 saturated carbocycles. The lowest BCUT2D eigenvalue weighted by atomic mass is 10.2. The normalized spacial score (nSPS) is 11.0. The minimum atomic E-state index is -3.35. The summed E-state index contributed by atoms with van der Waals surface area (Å²) in [6.07, 6.45) is 0. The van der Waals surface area contributed by atoms with Crippen LogP contribution in [-0.4, -0.2) is 20.1 Å². The fourth-order valence-electron chi connectivity index (χ4n) is 1.76. The second-order valence-electron chi connectivity index (χ2n) is 4.52. The highest BCUT2D eigenvalue weighted by molar-refractivity contribution is 9.10. The van der Waals surface area contributed by atoms with E-state index in [9.17, 15) is 13.2 Å². The van der Waals surface area contributed by atoms with E-state index in [1.165, 1.54) is 0 Å². The second-order valence-corrected chi connectivity index (χ2v) is 7.39. The molecular weight excluding hydrogens is 368 g/mol. The van der Waals surface area contributed by atoms with Gasteiger partial charge in [-0.05, 0) is 53.2 Å². The summed E-state index contributed by atoms with van der Waals surface area (Å²) in [4.78, 5) is 12.2. The van der Waals surface area contributed by atoms with E-state index in [1.807, 2.05) is 6.07 Å². The minimum absolute atomic E-state index is 0.0133. The third-order valence-electron chi connectivity index (χ3n) is 2.89. The van der Waals surface area contributed by atoms with E-state index < -0.39 is 10.0 Å². The minimum Gasteiger partial charge on any atom is -0.322 e. The van der Waals surface area contributed by atoms with Gasteiger partial charge >= 0.3 is 0 Å². The van der Waals surface area contributed by atoms with Crippen LogP contribution < -0.4 is 10.0 Å². The number of amides is 1. The maximum absolute atomic E-state index is 12.2. The van der Waals surface area contributed by atoms with E-state index in [2.05, 4.69) is 26.0 Å². The smallest absolute Gasteiger partial charge is 0.256 e. The van der Waals surface area contributed by atoms with Crippen LogP contribution in [0.2, 0.25) is 0 Å². The summed E-state index contributed by atoms with van der Waals surface area (Å²) in [5, 5.41) is 2.74. The maximum atomic E-state index is 12.2. The van der Waals surface area contributed by atoms with Crippen molar-refractivity contribution in [3.05, 3.63) is 58.6 Å². The van der Waals surface area contributed by atoms with Crippen molar-refractivity contribution in [3.8, 4) is 0 Å². The van der Waals surface area contributed by atoms with Crippen LogP contribution in [-0.2, 0) is 10.0 Å². The van der Waals surface area contributed by atoms with Crippen LogP contribution in [0.25, 0.3) is 0 Å². The number of hydrogen-bond donors (Lipinski definition) is 2. The second kappa shape index (κ2) is 6.93. The number of hydrogen-bond acceptors (Lipinski definition) is 3. The summed E-state index contributed by atoms with van der Waals surface area (Å²) >= 11 is 3.32. The average Bonchev–Trinajstić information content (AvgIpc) is 2.47. The van der Waals surface area contributed by atoms with Gasteiger partial charge in [0.25, 0.3) is 5.91 Å². The van der Waals surface area contributed by atoms with Gasteiger partial charge in [-0.2, -0.15) is 0 Å². The molecule has 0 saturated heterocycles. The Bertz CT molecular complexity index is 791. The molecule has 0 bridgehead atoms. The fourth-order valence-corrected chi connectivity index (χ4v) is 2.85. The van der Waals surface area contributed by atoms with Gasteiger partial charge in [0.15, 0.2) is 0 Å². The van der Waals surface area contributed by atoms with Crippen LogP contribution in [0.4, 0.5) is 11.4 Å². The SMILES string of the molecule is CCS(=O)(=O)Nc1cccc(NC(=O)c2ccccc2Br)c1. The molecule has 0 atom stereocenters. The summed E-state index contributed by atoms with van der Waals surface area (Å²) in [6, 6.07) is 13.6. The number of carbonyl (C=O) groups excluding carboxylic acids is 1. The van der Waals surface area contributed by atoms with Crippen molar-refractivity contribution in [1.29, 1.82) is 0 Å². The Morgan fingerprint density at radius 3 is 2.45 bits per heavy atom. The van der Waals surface area contributed by atoms with Gasteiger partial charge in [-0.3, -0.25) is 9.52 Å². The molecule has 2 N–H and O–H groups in total. The zero-order chi connectivity index (χ0) is 16.2. The Balaban J connectivity index is 2.17. The highest BCUT2D eigenvalue weighted by Gasteiger charge is 2.11. The van der Waals surface area contributed by atoms with Crippen LogP contribution in [0, 0.1) is 0 Å². The fraction of sp³-hybridized carbons (Fsp3) is 0.133. The summed E-state index contributed by atoms with van der Waals surface area (Å²) in [6.45, 7) is 1.56. The van der Waals surface area contributed by atoms with Crippen LogP contribution in [0.5, 0.6) is 0 Å². The number of anilines is 2. The van der Waals surface area contributed by atoms with Crippen molar-refractivity contribution in [2.45, 2.75) is 6.92 Å². The van der Waals surface area contributed by atoms with Crippen LogP contribution in [0.1, 0.15) is 17.3 Å². The average molecular weight is 383 g/mol. The van der Waals surface area contributed by atoms with Crippen molar-refractivity contribution < 1.29 is 13.2 Å². The first-order valence-electron chi connectivity index (χ1n) is 6.58. The van der Waals surface area contributed by atoms with E-state index >= 15 is 0 Å². The number of benzene rings is 2. The Hall–Kier alpha value is -1.86. The van der Waals surface area contributed by atoms with Crippen LogP contribution in [0.15, 0.2) is 53.0 Å². The third kappa shape index (κ3) is 4.32. The highest BCUT2D eigenvalue weighted by atomic mass is 79.9. The third-order valence-corrected chi connectivity index (χ3v) is 4.89. The van der Waals surface area contributed by atoms with Gasteiger partial charge in [0.1, 0.15) is 0 Å². The van der Waals surface area contributed by atoms with Crippen LogP contribution in [0.3, 0.4) is 0 Å². The van der Waals surface area contributed by atoms with Gasteiger partial charge in [-0.1, -0.05) is 18.2 Å². The number of halogens is 1. The molecule has 0 unspecified atom stereocenters. The van der Waals surface area contributed by atoms with Gasteiger partial charge in [0, 0.05) is 10.2 Å². The van der Waals surface area contributed by atoms with Gasteiger partial charge in [-0.15, -0.1) is 0 Å². The first kappa shape index (κ1) is 16.5. The zero-order valence-corrected chi connectivity index (χ0v) is 14.2. The molecule has 0 aliphatic carbocycles. The Labute approximate surface area is 137 Å². The molecule has 0 aliphatic rings. The lowest BCUT2D eigenvalue weighted by molar-refractivity contribution is 0.102. The summed E-state index contributed by atoms with van der Waals surface area (Å²) in [5.74, 6) is -0.288. The molecule has 116 valence electrons. The monoisotopic (exact) mass is 382 g/mol. The number of rotatable bonds is 5. The summed E-state index contributed by atoms with van der Waals surface area (Å²) in [5.41, 5.74) is 1.42. The van der Waals surface area contributed by atoms with Crippen molar-refractivity contribution in [1.82, 2.24) is 0 Å². The lowest BCUT2D eigenvalue weighted by Gasteiger charge is -2.10. The first-order valence-corrected chi connectivity index (χ1v) is 9.02. The van der Waals surface area contributed by atoms with Crippen LogP contribution >= 0.6 is 15.9 Å². The van der Waals surface area contributed by atoms with E-state index in [4.69, 9.17) is 0 Å². The van der Waals surface area contributed by atoms with Gasteiger partial charge < -0.3 is 5.32 Å². The molecular formula is C15H15BrN2O3S. The molecule has 0 radical (unpaired) electrons. The Morgan fingerprint density at radius 2 is 1.77 bits per heavy atom. The molecule has 0 aromatic heterocycles. The molecule has 2 aromatic carbocycles. The molecule has 5 nitrogen and oxygen atoms in total. The lowest BCUT2D eigenvalue weighted by Crippen LogP contribution is -2.15. The molecule has 0 aliphatic heterocycles. The molecule has 2 aromatic rings. The predicted octanol–water partition coefficient (Wildman–Crippen LogP) is 3.46. The standard InChI is InChI=1S/C15H15BrN2O3S/c1-2-22(20,21)18-12-7-5-6-11(10-12)17-15(19)13-8-3-4-9-14(13)16/h3-10,18H,2H2,1H3,(H,17,19). The predicted molar refractivity (Wildman–Crippen MR) is 91.6 cm³/mol. The molecule has 0 spiro atoms. The number of sulfonamides is 1. The van der Waals surface area contributed by atoms with E-state index in [1.54, 1.807) is 49.4 Å². The van der Waals surface area contributed by atoms with Crippen molar-refractivity contribution in [3.63, 3.8) is 0 Å². The van der Waals surface area contributed by atoms with Gasteiger partial charge in [0.05, 0.1) is 17.0 Å². The summed E-state index contributed by atoms with van der Waals surface area (Å²) < 4.78 is 26.3. The molecule has 22 heavy (non-hydrogen) atoms. The molecule has 0 fully saturated rings. The van der Waals surface area contributed by atoms with Gasteiger partial charge in [0.2, 0.25) is 10.0 Å².